The fourth-order valence-electron chi connectivity index (χ4n) is 3.43. The molecule has 1 spiro atoms. The Hall–Kier alpha value is -1.25. The largest absolute Gasteiger partial charge is 0.383 e. The highest BCUT2D eigenvalue weighted by atomic mass is 19.1. The summed E-state index contributed by atoms with van der Waals surface area (Å²) in [6.45, 7) is 3.80. The van der Waals surface area contributed by atoms with Crippen LogP contribution in [-0.2, 0) is 0 Å². The summed E-state index contributed by atoms with van der Waals surface area (Å²) in [5.41, 5.74) is 3.04. The van der Waals surface area contributed by atoms with Gasteiger partial charge in [-0.2, -0.15) is 0 Å². The molecule has 0 aromatic heterocycles. The summed E-state index contributed by atoms with van der Waals surface area (Å²) in [7, 11) is 0. The molecule has 3 heteroatoms. The standard InChI is InChI=1S/C16H23FN2/c1-12-8-14-15(9-13(12)17)19-11-16(10-18-14)6-4-2-3-5-7-16/h8-9,18-19H,2-7,10-11H2,1H3. The Morgan fingerprint density at radius 2 is 1.53 bits per heavy atom. The summed E-state index contributed by atoms with van der Waals surface area (Å²) in [6.07, 6.45) is 7.94. The Bertz CT molecular complexity index is 427. The quantitative estimate of drug-likeness (QED) is 0.728. The van der Waals surface area contributed by atoms with Gasteiger partial charge in [0.25, 0.3) is 0 Å². The zero-order valence-corrected chi connectivity index (χ0v) is 11.7. The SMILES string of the molecule is Cc1cc2c(cc1F)NCC1(CCCCCC1)CN2. The van der Waals surface area contributed by atoms with Crippen molar-refractivity contribution >= 4 is 11.4 Å². The van der Waals surface area contributed by atoms with E-state index in [-0.39, 0.29) is 5.82 Å². The molecule has 1 fully saturated rings. The number of rotatable bonds is 0. The molecular weight excluding hydrogens is 239 g/mol. The highest BCUT2D eigenvalue weighted by Gasteiger charge is 2.32. The lowest BCUT2D eigenvalue weighted by molar-refractivity contribution is 0.286. The first-order valence-corrected chi connectivity index (χ1v) is 7.47. The number of aryl methyl sites for hydroxylation is 1. The van der Waals surface area contributed by atoms with Gasteiger partial charge < -0.3 is 10.6 Å². The van der Waals surface area contributed by atoms with Gasteiger partial charge in [-0.1, -0.05) is 25.7 Å². The van der Waals surface area contributed by atoms with Crippen molar-refractivity contribution < 1.29 is 4.39 Å². The van der Waals surface area contributed by atoms with Crippen molar-refractivity contribution in [2.75, 3.05) is 23.7 Å². The van der Waals surface area contributed by atoms with Crippen LogP contribution >= 0.6 is 0 Å². The second-order valence-electron chi connectivity index (χ2n) is 6.27. The van der Waals surface area contributed by atoms with Gasteiger partial charge in [0.15, 0.2) is 0 Å². The molecule has 1 heterocycles. The Morgan fingerprint density at radius 3 is 2.16 bits per heavy atom. The Kier molecular flexibility index (Phi) is 3.38. The van der Waals surface area contributed by atoms with Crippen molar-refractivity contribution in [2.24, 2.45) is 5.41 Å². The predicted octanol–water partition coefficient (Wildman–Crippen LogP) is 4.31. The molecule has 2 N–H and O–H groups in total. The van der Waals surface area contributed by atoms with E-state index < -0.39 is 0 Å². The molecule has 104 valence electrons. The van der Waals surface area contributed by atoms with Crippen LogP contribution in [0.3, 0.4) is 0 Å². The number of nitrogens with one attached hydrogen (secondary N) is 2. The normalized spacial score (nSPS) is 21.8. The highest BCUT2D eigenvalue weighted by Crippen LogP contribution is 2.39. The summed E-state index contributed by atoms with van der Waals surface area (Å²) in [5.74, 6) is -0.120. The lowest BCUT2D eigenvalue weighted by Gasteiger charge is -2.31. The molecule has 1 aliphatic heterocycles. The Morgan fingerprint density at radius 1 is 0.947 bits per heavy atom. The van der Waals surface area contributed by atoms with Gasteiger partial charge in [0.1, 0.15) is 5.82 Å². The molecule has 2 aliphatic rings. The average Bonchev–Trinajstić information content (AvgIpc) is 2.72. The molecule has 0 unspecified atom stereocenters. The predicted molar refractivity (Wildman–Crippen MR) is 78.3 cm³/mol. The molecule has 0 atom stereocenters. The number of benzene rings is 1. The molecule has 0 bridgehead atoms. The topological polar surface area (TPSA) is 24.1 Å². The van der Waals surface area contributed by atoms with Gasteiger partial charge in [-0.05, 0) is 37.5 Å². The van der Waals surface area contributed by atoms with Crippen molar-refractivity contribution in [3.8, 4) is 0 Å². The van der Waals surface area contributed by atoms with E-state index in [4.69, 9.17) is 0 Å². The summed E-state index contributed by atoms with van der Waals surface area (Å²) in [4.78, 5) is 0. The zero-order valence-electron chi connectivity index (χ0n) is 11.7. The van der Waals surface area contributed by atoms with E-state index in [1.807, 2.05) is 13.0 Å². The van der Waals surface area contributed by atoms with Crippen LogP contribution < -0.4 is 10.6 Å². The number of fused-ring (bicyclic) bond motifs is 1. The van der Waals surface area contributed by atoms with Gasteiger partial charge in [0, 0.05) is 18.5 Å². The Balaban J connectivity index is 1.83. The third-order valence-electron chi connectivity index (χ3n) is 4.77. The van der Waals surface area contributed by atoms with Crippen LogP contribution in [0.5, 0.6) is 0 Å². The molecule has 19 heavy (non-hydrogen) atoms. The van der Waals surface area contributed by atoms with Crippen LogP contribution in [0.4, 0.5) is 15.8 Å². The molecule has 3 rings (SSSR count). The fraction of sp³-hybridized carbons (Fsp3) is 0.625. The Labute approximate surface area is 114 Å². The summed E-state index contributed by atoms with van der Waals surface area (Å²) < 4.78 is 13.7. The molecule has 1 aliphatic carbocycles. The third kappa shape index (κ3) is 2.56. The number of hydrogen-bond acceptors (Lipinski definition) is 2. The minimum atomic E-state index is -0.120. The van der Waals surface area contributed by atoms with Crippen LogP contribution in [-0.4, -0.2) is 13.1 Å². The van der Waals surface area contributed by atoms with E-state index in [0.717, 1.165) is 24.5 Å². The molecule has 1 aromatic rings. The van der Waals surface area contributed by atoms with Gasteiger partial charge in [-0.15, -0.1) is 0 Å². The zero-order chi connectivity index (χ0) is 13.3. The van der Waals surface area contributed by atoms with E-state index in [1.165, 1.54) is 38.5 Å². The first-order valence-electron chi connectivity index (χ1n) is 7.47. The summed E-state index contributed by atoms with van der Waals surface area (Å²) in [5, 5.41) is 7.03. The van der Waals surface area contributed by atoms with E-state index in [0.29, 0.717) is 11.0 Å². The minimum absolute atomic E-state index is 0.120. The van der Waals surface area contributed by atoms with Crippen LogP contribution in [0, 0.1) is 18.2 Å². The van der Waals surface area contributed by atoms with E-state index in [1.54, 1.807) is 6.07 Å². The smallest absolute Gasteiger partial charge is 0.128 e. The molecule has 0 saturated heterocycles. The van der Waals surface area contributed by atoms with E-state index in [9.17, 15) is 4.39 Å². The number of anilines is 2. The maximum Gasteiger partial charge on any atom is 0.128 e. The lowest BCUT2D eigenvalue weighted by atomic mass is 9.80. The van der Waals surface area contributed by atoms with E-state index >= 15 is 0 Å². The summed E-state index contributed by atoms with van der Waals surface area (Å²) >= 11 is 0. The van der Waals surface area contributed by atoms with Crippen molar-refractivity contribution in [3.05, 3.63) is 23.5 Å². The van der Waals surface area contributed by atoms with Crippen LogP contribution in [0.1, 0.15) is 44.1 Å². The van der Waals surface area contributed by atoms with Crippen molar-refractivity contribution in [2.45, 2.75) is 45.4 Å². The molecular formula is C16H23FN2. The minimum Gasteiger partial charge on any atom is -0.383 e. The number of halogens is 1. The highest BCUT2D eigenvalue weighted by molar-refractivity contribution is 5.71. The van der Waals surface area contributed by atoms with Gasteiger partial charge >= 0.3 is 0 Å². The van der Waals surface area contributed by atoms with Crippen molar-refractivity contribution in [1.82, 2.24) is 0 Å². The summed E-state index contributed by atoms with van der Waals surface area (Å²) in [6, 6.07) is 3.56. The molecule has 1 aromatic carbocycles. The maximum absolute atomic E-state index is 13.7. The average molecular weight is 262 g/mol. The first kappa shape index (κ1) is 12.8. The van der Waals surface area contributed by atoms with Crippen molar-refractivity contribution in [3.63, 3.8) is 0 Å². The van der Waals surface area contributed by atoms with Gasteiger partial charge in [-0.25, -0.2) is 4.39 Å². The van der Waals surface area contributed by atoms with Gasteiger partial charge in [-0.3, -0.25) is 0 Å². The van der Waals surface area contributed by atoms with Crippen molar-refractivity contribution in [1.29, 1.82) is 0 Å². The molecule has 1 saturated carbocycles. The van der Waals surface area contributed by atoms with E-state index in [2.05, 4.69) is 10.6 Å². The molecule has 0 amide bonds. The van der Waals surface area contributed by atoms with Crippen LogP contribution in [0.15, 0.2) is 12.1 Å². The monoisotopic (exact) mass is 262 g/mol. The molecule has 2 nitrogen and oxygen atoms in total. The maximum atomic E-state index is 13.7. The fourth-order valence-corrected chi connectivity index (χ4v) is 3.43. The second-order valence-corrected chi connectivity index (χ2v) is 6.27. The molecule has 0 radical (unpaired) electrons. The van der Waals surface area contributed by atoms with Gasteiger partial charge in [0.2, 0.25) is 0 Å². The first-order chi connectivity index (χ1) is 9.19. The van der Waals surface area contributed by atoms with Crippen LogP contribution in [0.2, 0.25) is 0 Å². The second kappa shape index (κ2) is 5.03. The lowest BCUT2D eigenvalue weighted by Crippen LogP contribution is -2.34. The van der Waals surface area contributed by atoms with Crippen LogP contribution in [0.25, 0.3) is 0 Å². The number of hydrogen-bond donors (Lipinski definition) is 2. The van der Waals surface area contributed by atoms with Gasteiger partial charge in [0.05, 0.1) is 11.4 Å². The third-order valence-corrected chi connectivity index (χ3v) is 4.77.